The number of carbonyl (C=O) groups excluding carboxylic acids is 1. The number of phenols is 1. The van der Waals surface area contributed by atoms with E-state index in [-0.39, 0.29) is 11.7 Å². The van der Waals surface area contributed by atoms with Crippen LogP contribution < -0.4 is 10.1 Å². The third-order valence-corrected chi connectivity index (χ3v) is 5.07. The van der Waals surface area contributed by atoms with Gasteiger partial charge in [-0.3, -0.25) is 4.79 Å². The van der Waals surface area contributed by atoms with E-state index < -0.39 is 0 Å². The molecule has 0 bridgehead atoms. The van der Waals surface area contributed by atoms with E-state index in [2.05, 4.69) is 37.2 Å². The number of methoxy groups -OCH3 is 1. The van der Waals surface area contributed by atoms with Crippen molar-refractivity contribution in [3.63, 3.8) is 0 Å². The van der Waals surface area contributed by atoms with Crippen molar-refractivity contribution in [2.45, 2.75) is 6.92 Å². The van der Waals surface area contributed by atoms with Gasteiger partial charge in [-0.05, 0) is 42.8 Å². The van der Waals surface area contributed by atoms with Gasteiger partial charge in [-0.2, -0.15) is 0 Å². The second-order valence-electron chi connectivity index (χ2n) is 5.15. The van der Waals surface area contributed by atoms with E-state index in [1.165, 1.54) is 7.11 Å². The van der Waals surface area contributed by atoms with Gasteiger partial charge in [0.05, 0.1) is 12.7 Å². The molecule has 1 aliphatic heterocycles. The zero-order valence-corrected chi connectivity index (χ0v) is 15.6. The molecule has 1 amide bonds. The molecule has 3 rings (SSSR count). The minimum Gasteiger partial charge on any atom is -0.504 e. The van der Waals surface area contributed by atoms with Crippen LogP contribution in [0.1, 0.15) is 16.7 Å². The first-order valence-electron chi connectivity index (χ1n) is 6.81. The second-order valence-corrected chi connectivity index (χ2v) is 6.92. The number of rotatable bonds is 2. The van der Waals surface area contributed by atoms with Crippen LogP contribution in [0.4, 0.5) is 5.69 Å². The van der Waals surface area contributed by atoms with E-state index in [4.69, 9.17) is 4.74 Å². The molecule has 2 N–H and O–H groups in total. The number of aromatic hydroxyl groups is 1. The molecule has 0 radical (unpaired) electrons. The average molecular weight is 439 g/mol. The summed E-state index contributed by atoms with van der Waals surface area (Å²) in [6, 6.07) is 7.16. The van der Waals surface area contributed by atoms with Crippen LogP contribution in [-0.4, -0.2) is 18.1 Å². The number of carbonyl (C=O) groups is 1. The van der Waals surface area contributed by atoms with Crippen LogP contribution in [-0.2, 0) is 4.79 Å². The van der Waals surface area contributed by atoms with Gasteiger partial charge < -0.3 is 15.2 Å². The molecule has 0 spiro atoms. The van der Waals surface area contributed by atoms with Gasteiger partial charge in [-0.1, -0.05) is 31.9 Å². The Labute approximate surface area is 150 Å². The highest BCUT2D eigenvalue weighted by Gasteiger charge is 2.27. The van der Waals surface area contributed by atoms with E-state index in [1.807, 2.05) is 19.1 Å². The van der Waals surface area contributed by atoms with Crippen LogP contribution in [0.2, 0.25) is 0 Å². The van der Waals surface area contributed by atoms with E-state index in [0.717, 1.165) is 25.8 Å². The summed E-state index contributed by atoms with van der Waals surface area (Å²) in [7, 11) is 1.48. The van der Waals surface area contributed by atoms with Crippen molar-refractivity contribution in [1.82, 2.24) is 0 Å². The summed E-state index contributed by atoms with van der Waals surface area (Å²) in [6.07, 6.45) is 1.67. The van der Waals surface area contributed by atoms with E-state index in [9.17, 15) is 9.90 Å². The van der Waals surface area contributed by atoms with Gasteiger partial charge in [-0.25, -0.2) is 0 Å². The lowest BCUT2D eigenvalue weighted by atomic mass is 9.99. The van der Waals surface area contributed by atoms with Gasteiger partial charge in [0.15, 0.2) is 11.5 Å². The average Bonchev–Trinajstić information content (AvgIpc) is 2.83. The highest BCUT2D eigenvalue weighted by molar-refractivity contribution is 9.10. The molecule has 0 aliphatic carbocycles. The molecule has 4 nitrogen and oxygen atoms in total. The van der Waals surface area contributed by atoms with Crippen LogP contribution in [0, 0.1) is 6.92 Å². The summed E-state index contributed by atoms with van der Waals surface area (Å²) in [5.41, 5.74) is 3.59. The summed E-state index contributed by atoms with van der Waals surface area (Å²) < 4.78 is 6.83. The summed E-state index contributed by atoms with van der Waals surface area (Å²) in [6.45, 7) is 1.94. The van der Waals surface area contributed by atoms with Crippen molar-refractivity contribution >= 4 is 55.1 Å². The number of hydrogen-bond acceptors (Lipinski definition) is 3. The quantitative estimate of drug-likeness (QED) is 0.666. The first-order chi connectivity index (χ1) is 10.9. The smallest absolute Gasteiger partial charge is 0.256 e. The van der Waals surface area contributed by atoms with Gasteiger partial charge in [0.1, 0.15) is 0 Å². The molecule has 0 atom stereocenters. The Morgan fingerprint density at radius 3 is 2.70 bits per heavy atom. The number of fused-ring (bicyclic) bond motifs is 1. The second kappa shape index (κ2) is 6.02. The fourth-order valence-electron chi connectivity index (χ4n) is 2.59. The zero-order valence-electron chi connectivity index (χ0n) is 12.4. The van der Waals surface area contributed by atoms with Crippen LogP contribution >= 0.6 is 31.9 Å². The molecule has 118 valence electrons. The molecule has 0 fully saturated rings. The fraction of sp³-hybridized carbons (Fsp3) is 0.118. The monoisotopic (exact) mass is 437 g/mol. The molecular formula is C17H13Br2NO3. The summed E-state index contributed by atoms with van der Waals surface area (Å²) >= 11 is 6.87. The Morgan fingerprint density at radius 2 is 2.00 bits per heavy atom. The Balaban J connectivity index is 2.21. The molecule has 1 aliphatic rings. The van der Waals surface area contributed by atoms with Gasteiger partial charge in [-0.15, -0.1) is 0 Å². The molecule has 2 aromatic rings. The molecule has 0 saturated carbocycles. The van der Waals surface area contributed by atoms with E-state index in [1.54, 1.807) is 18.2 Å². The molecule has 0 unspecified atom stereocenters. The van der Waals surface area contributed by atoms with E-state index in [0.29, 0.717) is 16.9 Å². The minimum absolute atomic E-state index is 0.00269. The van der Waals surface area contributed by atoms with Crippen molar-refractivity contribution in [1.29, 1.82) is 0 Å². The first kappa shape index (κ1) is 16.1. The Morgan fingerprint density at radius 1 is 1.26 bits per heavy atom. The number of halogens is 2. The van der Waals surface area contributed by atoms with Crippen molar-refractivity contribution in [3.8, 4) is 11.5 Å². The summed E-state index contributed by atoms with van der Waals surface area (Å²) in [5.74, 6) is 0.146. The number of phenolic OH excluding ortho intramolecular Hbond substituents is 1. The SMILES string of the molecule is COc1cc(Br)cc(C=C2C(=O)Nc3ccc(Br)c(C)c32)c1O. The molecule has 23 heavy (non-hydrogen) atoms. The maximum absolute atomic E-state index is 12.3. The molecular weight excluding hydrogens is 426 g/mol. The lowest BCUT2D eigenvalue weighted by Gasteiger charge is -2.09. The molecule has 2 aromatic carbocycles. The third kappa shape index (κ3) is 2.77. The predicted molar refractivity (Wildman–Crippen MR) is 97.7 cm³/mol. The van der Waals surface area contributed by atoms with Crippen LogP contribution in [0.25, 0.3) is 11.6 Å². The molecule has 0 saturated heterocycles. The number of amides is 1. The van der Waals surface area contributed by atoms with Gasteiger partial charge in [0.25, 0.3) is 5.91 Å². The topological polar surface area (TPSA) is 58.6 Å². The number of ether oxygens (including phenoxy) is 1. The van der Waals surface area contributed by atoms with Gasteiger partial charge >= 0.3 is 0 Å². The lowest BCUT2D eigenvalue weighted by Crippen LogP contribution is -2.03. The summed E-state index contributed by atoms with van der Waals surface area (Å²) in [4.78, 5) is 12.3. The highest BCUT2D eigenvalue weighted by atomic mass is 79.9. The van der Waals surface area contributed by atoms with Crippen LogP contribution in [0.5, 0.6) is 11.5 Å². The van der Waals surface area contributed by atoms with Gasteiger partial charge in [0, 0.05) is 25.8 Å². The minimum atomic E-state index is -0.195. The highest BCUT2D eigenvalue weighted by Crippen LogP contribution is 2.41. The first-order valence-corrected chi connectivity index (χ1v) is 8.40. The Hall–Kier alpha value is -1.79. The van der Waals surface area contributed by atoms with Crippen molar-refractivity contribution in [3.05, 3.63) is 49.9 Å². The Kier molecular flexibility index (Phi) is 4.21. The molecule has 6 heteroatoms. The number of benzene rings is 2. The van der Waals surface area contributed by atoms with Crippen molar-refractivity contribution < 1.29 is 14.6 Å². The summed E-state index contributed by atoms with van der Waals surface area (Å²) in [5, 5.41) is 13.1. The normalized spacial score (nSPS) is 14.8. The maximum Gasteiger partial charge on any atom is 0.256 e. The van der Waals surface area contributed by atoms with Crippen molar-refractivity contribution in [2.75, 3.05) is 12.4 Å². The Bertz CT molecular complexity index is 859. The number of anilines is 1. The number of hydrogen-bond donors (Lipinski definition) is 2. The van der Waals surface area contributed by atoms with Crippen LogP contribution in [0.15, 0.2) is 33.2 Å². The third-order valence-electron chi connectivity index (χ3n) is 3.75. The molecule has 1 heterocycles. The van der Waals surface area contributed by atoms with Crippen LogP contribution in [0.3, 0.4) is 0 Å². The standard InChI is InChI=1S/C17H13Br2NO3/c1-8-12(19)3-4-13-15(8)11(17(22)20-13)6-9-5-10(18)7-14(23-2)16(9)21/h3-7,21H,1-2H3,(H,20,22). The fourth-order valence-corrected chi connectivity index (χ4v) is 3.38. The zero-order chi connectivity index (χ0) is 16.7. The van der Waals surface area contributed by atoms with E-state index >= 15 is 0 Å². The maximum atomic E-state index is 12.3. The van der Waals surface area contributed by atoms with Crippen molar-refractivity contribution in [2.24, 2.45) is 0 Å². The lowest BCUT2D eigenvalue weighted by molar-refractivity contribution is -0.110. The van der Waals surface area contributed by atoms with Gasteiger partial charge in [0.2, 0.25) is 0 Å². The largest absolute Gasteiger partial charge is 0.504 e. The number of nitrogens with one attached hydrogen (secondary N) is 1. The predicted octanol–water partition coefficient (Wildman–Crippen LogP) is 4.73. The molecule has 0 aromatic heterocycles.